The first kappa shape index (κ1) is 11.4. The Hall–Kier alpha value is -1.74. The molecular weight excluding hydrogens is 228 g/mol. The van der Waals surface area contributed by atoms with Gasteiger partial charge in [-0.3, -0.25) is 0 Å². The maximum Gasteiger partial charge on any atom is 0.140 e. The third kappa shape index (κ3) is 1.81. The molecule has 2 aromatic rings. The number of allylic oxidation sites excluding steroid dienone is 1. The van der Waals surface area contributed by atoms with Crippen molar-refractivity contribution in [1.82, 2.24) is 0 Å². The van der Waals surface area contributed by atoms with E-state index in [0.29, 0.717) is 12.4 Å². The molecule has 18 heavy (non-hydrogen) atoms. The van der Waals surface area contributed by atoms with Crippen LogP contribution in [0.4, 0.5) is 0 Å². The Morgan fingerprint density at radius 3 is 2.89 bits per heavy atom. The van der Waals surface area contributed by atoms with Crippen LogP contribution in [0.2, 0.25) is 0 Å². The lowest BCUT2D eigenvalue weighted by Gasteiger charge is -2.19. The minimum Gasteiger partial charge on any atom is -0.495 e. The summed E-state index contributed by atoms with van der Waals surface area (Å²) < 4.78 is 11.2. The number of fused-ring (bicyclic) bond motifs is 1. The Labute approximate surface area is 106 Å². The second-order valence-electron chi connectivity index (χ2n) is 4.57. The van der Waals surface area contributed by atoms with Gasteiger partial charge in [0.15, 0.2) is 0 Å². The second-order valence-corrected chi connectivity index (χ2v) is 4.57. The van der Waals surface area contributed by atoms with Gasteiger partial charge in [-0.1, -0.05) is 18.2 Å². The molecule has 1 aliphatic heterocycles. The van der Waals surface area contributed by atoms with E-state index in [1.54, 1.807) is 0 Å². The molecule has 1 atom stereocenters. The van der Waals surface area contributed by atoms with Crippen LogP contribution < -0.4 is 0 Å². The summed E-state index contributed by atoms with van der Waals surface area (Å²) in [6.45, 7) is 2.56. The van der Waals surface area contributed by atoms with Gasteiger partial charge in [-0.2, -0.15) is 0 Å². The molecule has 3 heteroatoms. The van der Waals surface area contributed by atoms with Gasteiger partial charge in [0.1, 0.15) is 23.2 Å². The Bertz CT molecular complexity index is 595. The van der Waals surface area contributed by atoms with E-state index in [0.717, 1.165) is 35.1 Å². The summed E-state index contributed by atoms with van der Waals surface area (Å²) in [6, 6.07) is 7.75. The molecule has 0 bridgehead atoms. The molecule has 94 valence electrons. The maximum atomic E-state index is 10.5. The normalized spacial score (nSPS) is 17.3. The van der Waals surface area contributed by atoms with Crippen molar-refractivity contribution in [1.29, 1.82) is 0 Å². The fraction of sp³-hybridized carbons (Fsp3) is 0.333. The summed E-state index contributed by atoms with van der Waals surface area (Å²) >= 11 is 0. The number of hydrogen-bond acceptors (Lipinski definition) is 3. The van der Waals surface area contributed by atoms with E-state index in [9.17, 15) is 5.11 Å². The summed E-state index contributed by atoms with van der Waals surface area (Å²) in [5.74, 6) is 1.40. The zero-order chi connectivity index (χ0) is 12.5. The summed E-state index contributed by atoms with van der Waals surface area (Å²) in [6.07, 6.45) is 3.21. The van der Waals surface area contributed by atoms with E-state index in [-0.39, 0.29) is 0 Å². The van der Waals surface area contributed by atoms with Gasteiger partial charge in [0.25, 0.3) is 0 Å². The smallest absolute Gasteiger partial charge is 0.140 e. The lowest BCUT2D eigenvalue weighted by atomic mass is 10.0. The van der Waals surface area contributed by atoms with Gasteiger partial charge in [-0.15, -0.1) is 0 Å². The van der Waals surface area contributed by atoms with Gasteiger partial charge in [0.2, 0.25) is 0 Å². The van der Waals surface area contributed by atoms with Crippen LogP contribution in [-0.2, 0) is 4.74 Å². The molecule has 0 radical (unpaired) electrons. The van der Waals surface area contributed by atoms with E-state index in [4.69, 9.17) is 9.15 Å². The van der Waals surface area contributed by atoms with Crippen molar-refractivity contribution in [3.05, 3.63) is 47.4 Å². The van der Waals surface area contributed by atoms with Gasteiger partial charge in [-0.05, 0) is 31.9 Å². The van der Waals surface area contributed by atoms with Gasteiger partial charge in [-0.25, -0.2) is 0 Å². The summed E-state index contributed by atoms with van der Waals surface area (Å²) in [7, 11) is 0. The van der Waals surface area contributed by atoms with Crippen LogP contribution >= 0.6 is 0 Å². The largest absolute Gasteiger partial charge is 0.495 e. The van der Waals surface area contributed by atoms with E-state index in [1.807, 2.05) is 37.3 Å². The van der Waals surface area contributed by atoms with E-state index >= 15 is 0 Å². The lowest BCUT2D eigenvalue weighted by molar-refractivity contribution is 0.0916. The van der Waals surface area contributed by atoms with Crippen LogP contribution in [0, 0.1) is 6.92 Å². The molecule has 1 aromatic carbocycles. The number of aryl methyl sites for hydroxylation is 1. The number of hydrogen-bond donors (Lipinski definition) is 1. The van der Waals surface area contributed by atoms with Crippen LogP contribution in [0.15, 0.2) is 40.5 Å². The third-order valence-corrected chi connectivity index (χ3v) is 3.33. The van der Waals surface area contributed by atoms with Crippen LogP contribution in [0.25, 0.3) is 11.0 Å². The maximum absolute atomic E-state index is 10.5. The molecule has 0 amide bonds. The molecule has 1 unspecified atom stereocenters. The van der Waals surface area contributed by atoms with Crippen molar-refractivity contribution in [2.24, 2.45) is 0 Å². The van der Waals surface area contributed by atoms with Gasteiger partial charge in [0, 0.05) is 10.9 Å². The molecule has 0 spiro atoms. The quantitative estimate of drug-likeness (QED) is 0.879. The van der Waals surface area contributed by atoms with Gasteiger partial charge in [0.05, 0.1) is 6.61 Å². The molecular formula is C15H16O3. The number of aliphatic hydroxyl groups is 1. The summed E-state index contributed by atoms with van der Waals surface area (Å²) in [4.78, 5) is 0. The zero-order valence-electron chi connectivity index (χ0n) is 10.3. The topological polar surface area (TPSA) is 42.6 Å². The Morgan fingerprint density at radius 2 is 2.11 bits per heavy atom. The highest BCUT2D eigenvalue weighted by Gasteiger charge is 2.23. The number of rotatable bonds is 2. The molecule has 2 heterocycles. The fourth-order valence-electron chi connectivity index (χ4n) is 2.44. The van der Waals surface area contributed by atoms with E-state index in [1.165, 1.54) is 0 Å². The highest BCUT2D eigenvalue weighted by Crippen LogP contribution is 2.35. The number of furan rings is 1. The third-order valence-electron chi connectivity index (χ3n) is 3.33. The van der Waals surface area contributed by atoms with Gasteiger partial charge >= 0.3 is 0 Å². The highest BCUT2D eigenvalue weighted by molar-refractivity contribution is 5.82. The second kappa shape index (κ2) is 4.50. The minimum atomic E-state index is -0.728. The monoisotopic (exact) mass is 244 g/mol. The molecule has 1 N–H and O–H groups in total. The molecule has 1 aliphatic rings. The molecule has 0 fully saturated rings. The van der Waals surface area contributed by atoms with Crippen molar-refractivity contribution in [3.8, 4) is 0 Å². The Kier molecular flexibility index (Phi) is 2.84. The predicted octanol–water partition coefficient (Wildman–Crippen LogP) is 3.47. The number of para-hydroxylation sites is 1. The van der Waals surface area contributed by atoms with Crippen LogP contribution in [-0.4, -0.2) is 11.7 Å². The lowest BCUT2D eigenvalue weighted by Crippen LogP contribution is -2.10. The summed E-state index contributed by atoms with van der Waals surface area (Å²) in [5.41, 5.74) is 1.62. The fourth-order valence-corrected chi connectivity index (χ4v) is 2.44. The average Bonchev–Trinajstić information content (AvgIpc) is 2.75. The molecule has 3 rings (SSSR count). The van der Waals surface area contributed by atoms with Crippen molar-refractivity contribution in [3.63, 3.8) is 0 Å². The minimum absolute atomic E-state index is 0.649. The Balaban J connectivity index is 2.08. The first-order valence-electron chi connectivity index (χ1n) is 6.26. The Morgan fingerprint density at radius 1 is 1.28 bits per heavy atom. The number of ether oxygens (including phenoxy) is 1. The van der Waals surface area contributed by atoms with Gasteiger partial charge < -0.3 is 14.3 Å². The van der Waals surface area contributed by atoms with Crippen LogP contribution in [0.3, 0.4) is 0 Å². The SMILES string of the molecule is Cc1oc2ccccc2c1C(O)C1=CCCCO1. The first-order chi connectivity index (χ1) is 8.77. The number of benzene rings is 1. The molecule has 0 saturated heterocycles. The predicted molar refractivity (Wildman–Crippen MR) is 69.2 cm³/mol. The van der Waals surface area contributed by atoms with Crippen molar-refractivity contribution in [2.75, 3.05) is 6.61 Å². The standard InChI is InChI=1S/C15H16O3/c1-10-14(11-6-2-3-7-12(11)18-10)15(16)13-8-4-5-9-17-13/h2-3,6-8,15-16H,4-5,9H2,1H3. The molecule has 0 saturated carbocycles. The van der Waals surface area contributed by atoms with Crippen molar-refractivity contribution in [2.45, 2.75) is 25.9 Å². The van der Waals surface area contributed by atoms with Crippen molar-refractivity contribution < 1.29 is 14.3 Å². The van der Waals surface area contributed by atoms with Crippen LogP contribution in [0.1, 0.15) is 30.3 Å². The van der Waals surface area contributed by atoms with Crippen molar-refractivity contribution >= 4 is 11.0 Å². The molecule has 1 aromatic heterocycles. The highest BCUT2D eigenvalue weighted by atomic mass is 16.5. The molecule has 0 aliphatic carbocycles. The average molecular weight is 244 g/mol. The summed E-state index contributed by atoms with van der Waals surface area (Å²) in [5, 5.41) is 11.4. The molecule has 3 nitrogen and oxygen atoms in total. The number of aliphatic hydroxyl groups excluding tert-OH is 1. The zero-order valence-corrected chi connectivity index (χ0v) is 10.3. The van der Waals surface area contributed by atoms with E-state index < -0.39 is 6.10 Å². The first-order valence-corrected chi connectivity index (χ1v) is 6.26. The van der Waals surface area contributed by atoms with Crippen LogP contribution in [0.5, 0.6) is 0 Å². The van der Waals surface area contributed by atoms with E-state index in [2.05, 4.69) is 0 Å².